The third kappa shape index (κ3) is 6.18. The molecule has 1 N–H and O–H groups in total. The fourth-order valence-corrected chi connectivity index (χ4v) is 6.96. The number of anilines is 1. The number of sulfonamides is 1. The maximum atomic E-state index is 13.6. The van der Waals surface area contributed by atoms with E-state index < -0.39 is 16.1 Å². The molecule has 208 valence electrons. The van der Waals surface area contributed by atoms with E-state index in [0.717, 1.165) is 10.9 Å². The predicted molar refractivity (Wildman–Crippen MR) is 157 cm³/mol. The van der Waals surface area contributed by atoms with Crippen LogP contribution in [-0.2, 0) is 26.2 Å². The summed E-state index contributed by atoms with van der Waals surface area (Å²) in [5.74, 6) is -0.189. The van der Waals surface area contributed by atoms with Crippen LogP contribution in [0.5, 0.6) is 0 Å². The van der Waals surface area contributed by atoms with E-state index in [1.807, 2.05) is 39.0 Å². The lowest BCUT2D eigenvalue weighted by molar-refractivity contribution is -0.141. The van der Waals surface area contributed by atoms with Crippen LogP contribution in [0.15, 0.2) is 59.5 Å². The van der Waals surface area contributed by atoms with Crippen LogP contribution in [0.2, 0.25) is 10.0 Å². The summed E-state index contributed by atoms with van der Waals surface area (Å²) in [6.07, 6.45) is 0.798. The van der Waals surface area contributed by atoms with E-state index in [4.69, 9.17) is 23.2 Å². The van der Waals surface area contributed by atoms with Crippen molar-refractivity contribution in [1.82, 2.24) is 10.2 Å². The molecule has 4 rings (SSSR count). The Labute approximate surface area is 240 Å². The Bertz CT molecular complexity index is 1490. The van der Waals surface area contributed by atoms with Crippen LogP contribution >= 0.6 is 23.2 Å². The summed E-state index contributed by atoms with van der Waals surface area (Å²) in [5, 5.41) is 5.28. The molecule has 10 heteroatoms. The first-order chi connectivity index (χ1) is 18.5. The highest BCUT2D eigenvalue weighted by Gasteiger charge is 2.35. The summed E-state index contributed by atoms with van der Waals surface area (Å²) in [6, 6.07) is 15.2. The largest absolute Gasteiger partial charge is 0.354 e. The van der Waals surface area contributed by atoms with Crippen molar-refractivity contribution in [2.75, 3.05) is 17.4 Å². The summed E-state index contributed by atoms with van der Waals surface area (Å²) < 4.78 is 28.0. The zero-order chi connectivity index (χ0) is 28.3. The average Bonchev–Trinajstić information content (AvgIpc) is 3.12. The minimum Gasteiger partial charge on any atom is -0.354 e. The first kappa shape index (κ1) is 29.2. The molecule has 2 amide bonds. The Hall–Kier alpha value is -2.81. The number of hydrogen-bond donors (Lipinski definition) is 1. The van der Waals surface area contributed by atoms with Crippen molar-refractivity contribution in [2.24, 2.45) is 5.92 Å². The van der Waals surface area contributed by atoms with E-state index in [9.17, 15) is 18.0 Å². The van der Waals surface area contributed by atoms with Gasteiger partial charge in [-0.05, 0) is 54.0 Å². The molecule has 1 aliphatic rings. The van der Waals surface area contributed by atoms with Crippen molar-refractivity contribution in [3.05, 3.63) is 70.2 Å². The summed E-state index contributed by atoms with van der Waals surface area (Å²) in [4.78, 5) is 28.5. The van der Waals surface area contributed by atoms with Gasteiger partial charge in [0.15, 0.2) is 0 Å². The summed E-state index contributed by atoms with van der Waals surface area (Å²) in [7, 11) is -3.71. The SMILES string of the molecule is CC[C@@H](C(=O)NCC(C)C)N(Cc1ccc(Cl)c(Cl)c1)C(=O)CCCN1c2cccc3cccc(c23)S1(=O)=O. The monoisotopic (exact) mass is 589 g/mol. The Morgan fingerprint density at radius 2 is 1.74 bits per heavy atom. The fourth-order valence-electron chi connectivity index (χ4n) is 4.89. The lowest BCUT2D eigenvalue weighted by Gasteiger charge is -2.31. The van der Waals surface area contributed by atoms with E-state index in [2.05, 4.69) is 5.32 Å². The number of carbonyl (C=O) groups is 2. The van der Waals surface area contributed by atoms with Gasteiger partial charge < -0.3 is 10.2 Å². The highest BCUT2D eigenvalue weighted by molar-refractivity contribution is 7.93. The number of amides is 2. The standard InChI is InChI=1S/C29H33Cl2N3O4S/c1-4-24(29(36)32-17-19(2)3)33(18-20-13-14-22(30)23(31)16-20)27(35)12-7-15-34-25-10-5-8-21-9-6-11-26(28(21)25)39(34,37)38/h5-6,8-11,13-14,16,19,24H,4,7,12,15,17-18H2,1-3H3,(H,32,36)/t24-/m0/s1. The topological polar surface area (TPSA) is 86.8 Å². The molecule has 0 aromatic heterocycles. The van der Waals surface area contributed by atoms with Gasteiger partial charge in [-0.2, -0.15) is 0 Å². The Balaban J connectivity index is 1.52. The van der Waals surface area contributed by atoms with Crippen molar-refractivity contribution in [3.63, 3.8) is 0 Å². The normalized spacial score (nSPS) is 14.6. The first-order valence-corrected chi connectivity index (χ1v) is 15.3. The maximum absolute atomic E-state index is 13.6. The molecule has 1 heterocycles. The Morgan fingerprint density at radius 3 is 2.41 bits per heavy atom. The van der Waals surface area contributed by atoms with Crippen LogP contribution in [0, 0.1) is 5.92 Å². The second kappa shape index (κ2) is 12.1. The number of halogens is 2. The predicted octanol–water partition coefficient (Wildman–Crippen LogP) is 6.02. The lowest BCUT2D eigenvalue weighted by Crippen LogP contribution is -2.49. The van der Waals surface area contributed by atoms with Crippen LogP contribution in [0.25, 0.3) is 10.8 Å². The molecule has 0 bridgehead atoms. The smallest absolute Gasteiger partial charge is 0.265 e. The van der Waals surface area contributed by atoms with Crippen molar-refractivity contribution in [2.45, 2.75) is 57.5 Å². The van der Waals surface area contributed by atoms with E-state index in [0.29, 0.717) is 40.5 Å². The third-order valence-electron chi connectivity index (χ3n) is 6.84. The van der Waals surface area contributed by atoms with Crippen LogP contribution in [-0.4, -0.2) is 44.3 Å². The van der Waals surface area contributed by atoms with Gasteiger partial charge in [-0.15, -0.1) is 0 Å². The summed E-state index contributed by atoms with van der Waals surface area (Å²) in [5.41, 5.74) is 1.37. The van der Waals surface area contributed by atoms with Gasteiger partial charge in [-0.25, -0.2) is 8.42 Å². The molecule has 0 fully saturated rings. The zero-order valence-corrected chi connectivity index (χ0v) is 24.6. The van der Waals surface area contributed by atoms with Crippen LogP contribution < -0.4 is 9.62 Å². The first-order valence-electron chi connectivity index (χ1n) is 13.1. The maximum Gasteiger partial charge on any atom is 0.265 e. The van der Waals surface area contributed by atoms with Crippen LogP contribution in [0.1, 0.15) is 45.6 Å². The molecule has 0 aliphatic carbocycles. The highest BCUT2D eigenvalue weighted by atomic mass is 35.5. The molecule has 3 aromatic carbocycles. The second-order valence-electron chi connectivity index (χ2n) is 10.1. The van der Waals surface area contributed by atoms with Crippen molar-refractivity contribution in [1.29, 1.82) is 0 Å². The van der Waals surface area contributed by atoms with Crippen molar-refractivity contribution < 1.29 is 18.0 Å². The lowest BCUT2D eigenvalue weighted by atomic mass is 10.1. The van der Waals surface area contributed by atoms with E-state index >= 15 is 0 Å². The molecule has 1 atom stereocenters. The number of carbonyl (C=O) groups excluding carboxylic acids is 2. The zero-order valence-electron chi connectivity index (χ0n) is 22.3. The van der Waals surface area contributed by atoms with Crippen LogP contribution in [0.3, 0.4) is 0 Å². The average molecular weight is 591 g/mol. The molecular weight excluding hydrogens is 557 g/mol. The molecule has 0 radical (unpaired) electrons. The van der Waals surface area contributed by atoms with Gasteiger partial charge in [0.1, 0.15) is 6.04 Å². The van der Waals surface area contributed by atoms with Gasteiger partial charge in [0.2, 0.25) is 11.8 Å². The van der Waals surface area contributed by atoms with Gasteiger partial charge in [0.25, 0.3) is 10.0 Å². The summed E-state index contributed by atoms with van der Waals surface area (Å²) >= 11 is 12.3. The Kier molecular flexibility index (Phi) is 9.09. The highest BCUT2D eigenvalue weighted by Crippen LogP contribution is 2.42. The van der Waals surface area contributed by atoms with Gasteiger partial charge >= 0.3 is 0 Å². The number of nitrogens with one attached hydrogen (secondary N) is 1. The molecule has 0 saturated carbocycles. The number of benzene rings is 3. The minimum absolute atomic E-state index is 0.0770. The van der Waals surface area contributed by atoms with Crippen LogP contribution in [0.4, 0.5) is 5.69 Å². The Morgan fingerprint density at radius 1 is 1.03 bits per heavy atom. The number of nitrogens with zero attached hydrogens (tertiary/aromatic N) is 2. The van der Waals surface area contributed by atoms with E-state index in [1.54, 1.807) is 41.3 Å². The van der Waals surface area contributed by atoms with Gasteiger partial charge in [-0.3, -0.25) is 13.9 Å². The van der Waals surface area contributed by atoms with Crippen molar-refractivity contribution in [3.8, 4) is 0 Å². The molecule has 1 aliphatic heterocycles. The second-order valence-corrected chi connectivity index (χ2v) is 12.8. The molecule has 39 heavy (non-hydrogen) atoms. The quantitative estimate of drug-likeness (QED) is 0.296. The van der Waals surface area contributed by atoms with Gasteiger partial charge in [0.05, 0.1) is 20.6 Å². The third-order valence-corrected chi connectivity index (χ3v) is 9.44. The van der Waals surface area contributed by atoms with E-state index in [1.165, 1.54) is 4.31 Å². The van der Waals surface area contributed by atoms with Gasteiger partial charge in [0, 0.05) is 31.4 Å². The molecular formula is C29H33Cl2N3O4S. The van der Waals surface area contributed by atoms with Crippen molar-refractivity contribution >= 4 is 61.5 Å². The molecule has 7 nitrogen and oxygen atoms in total. The summed E-state index contributed by atoms with van der Waals surface area (Å²) in [6.45, 7) is 6.71. The molecule has 0 unspecified atom stereocenters. The molecule has 3 aromatic rings. The number of rotatable bonds is 11. The number of hydrogen-bond acceptors (Lipinski definition) is 4. The minimum atomic E-state index is -3.71. The fraction of sp³-hybridized carbons (Fsp3) is 0.379. The molecule has 0 spiro atoms. The van der Waals surface area contributed by atoms with E-state index in [-0.39, 0.29) is 42.1 Å². The molecule has 0 saturated heterocycles. The van der Waals surface area contributed by atoms with Gasteiger partial charge in [-0.1, -0.05) is 74.3 Å².